The summed E-state index contributed by atoms with van der Waals surface area (Å²) < 4.78 is 0. The van der Waals surface area contributed by atoms with E-state index in [9.17, 15) is 4.79 Å². The fourth-order valence-corrected chi connectivity index (χ4v) is 2.59. The summed E-state index contributed by atoms with van der Waals surface area (Å²) in [6.07, 6.45) is 9.95. The number of Topliss-reactive ketones (excluding diaryl/α,β-unsaturated/α-hetero) is 1. The molecule has 0 aliphatic heterocycles. The van der Waals surface area contributed by atoms with Crippen LogP contribution in [0, 0.1) is 5.92 Å². The van der Waals surface area contributed by atoms with Crippen LogP contribution in [0.4, 0.5) is 0 Å². The van der Waals surface area contributed by atoms with Crippen molar-refractivity contribution >= 4 is 5.78 Å². The van der Waals surface area contributed by atoms with E-state index in [1.807, 2.05) is 36.7 Å². The molecule has 3 nitrogen and oxygen atoms in total. The Kier molecular flexibility index (Phi) is 7.10. The van der Waals surface area contributed by atoms with Crippen molar-refractivity contribution in [3.8, 4) is 11.3 Å². The maximum atomic E-state index is 12.2. The van der Waals surface area contributed by atoms with Gasteiger partial charge in [-0.1, -0.05) is 64.3 Å². The van der Waals surface area contributed by atoms with Crippen LogP contribution in [0.3, 0.4) is 0 Å². The van der Waals surface area contributed by atoms with Gasteiger partial charge in [0.15, 0.2) is 5.78 Å². The molecular weight excluding hydrogens is 296 g/mol. The lowest BCUT2D eigenvalue weighted by molar-refractivity contribution is 0.0963. The summed E-state index contributed by atoms with van der Waals surface area (Å²) in [5, 5.41) is 0. The van der Waals surface area contributed by atoms with E-state index >= 15 is 0 Å². The minimum atomic E-state index is 0.216. The summed E-state index contributed by atoms with van der Waals surface area (Å²) in [7, 11) is 0. The van der Waals surface area contributed by atoms with Crippen LogP contribution in [0.25, 0.3) is 11.3 Å². The molecule has 0 aliphatic carbocycles. The molecule has 1 aromatic heterocycles. The number of ketones is 1. The van der Waals surface area contributed by atoms with Crippen LogP contribution in [0.15, 0.2) is 36.7 Å². The van der Waals surface area contributed by atoms with Crippen molar-refractivity contribution in [1.82, 2.24) is 9.97 Å². The second-order valence-electron chi connectivity index (χ2n) is 6.57. The van der Waals surface area contributed by atoms with Crippen LogP contribution in [-0.2, 0) is 6.42 Å². The van der Waals surface area contributed by atoms with Crippen molar-refractivity contribution in [2.24, 2.45) is 5.92 Å². The highest BCUT2D eigenvalue weighted by Crippen LogP contribution is 2.19. The van der Waals surface area contributed by atoms with Crippen LogP contribution in [-0.4, -0.2) is 15.8 Å². The van der Waals surface area contributed by atoms with Crippen LogP contribution >= 0.6 is 0 Å². The monoisotopic (exact) mass is 324 g/mol. The molecule has 0 spiro atoms. The second-order valence-corrected chi connectivity index (χ2v) is 6.57. The minimum absolute atomic E-state index is 0.216. The maximum absolute atomic E-state index is 12.2. The predicted molar refractivity (Wildman–Crippen MR) is 99.1 cm³/mol. The highest BCUT2D eigenvalue weighted by Gasteiger charge is 2.10. The zero-order chi connectivity index (χ0) is 17.4. The van der Waals surface area contributed by atoms with Gasteiger partial charge in [0.05, 0.1) is 17.6 Å². The van der Waals surface area contributed by atoms with Gasteiger partial charge in [-0.05, 0) is 18.8 Å². The second kappa shape index (κ2) is 9.31. The Bertz CT molecular complexity index is 632. The van der Waals surface area contributed by atoms with Crippen LogP contribution in [0.5, 0.6) is 0 Å². The van der Waals surface area contributed by atoms with E-state index in [0.29, 0.717) is 12.3 Å². The van der Waals surface area contributed by atoms with Gasteiger partial charge in [0.25, 0.3) is 0 Å². The van der Waals surface area contributed by atoms with E-state index in [1.54, 1.807) is 0 Å². The molecule has 1 unspecified atom stereocenters. The van der Waals surface area contributed by atoms with Gasteiger partial charge < -0.3 is 0 Å². The molecule has 1 atom stereocenters. The molecule has 0 fully saturated rings. The minimum Gasteiger partial charge on any atom is -0.294 e. The molecule has 2 aromatic rings. The lowest BCUT2D eigenvalue weighted by Gasteiger charge is -2.08. The highest BCUT2D eigenvalue weighted by atomic mass is 16.1. The molecule has 0 saturated carbocycles. The number of unbranched alkanes of at least 4 members (excludes halogenated alkanes) is 2. The fourth-order valence-electron chi connectivity index (χ4n) is 2.59. The molecule has 2 rings (SSSR count). The number of hydrogen-bond donors (Lipinski definition) is 0. The summed E-state index contributed by atoms with van der Waals surface area (Å²) in [4.78, 5) is 21.2. The third kappa shape index (κ3) is 5.26. The van der Waals surface area contributed by atoms with E-state index in [2.05, 4.69) is 30.7 Å². The van der Waals surface area contributed by atoms with Crippen molar-refractivity contribution in [3.63, 3.8) is 0 Å². The molecular formula is C21H28N2O. The average molecular weight is 324 g/mol. The first-order valence-corrected chi connectivity index (χ1v) is 9.08. The molecule has 0 amide bonds. The Hall–Kier alpha value is -2.03. The van der Waals surface area contributed by atoms with Gasteiger partial charge in [-0.2, -0.15) is 0 Å². The molecule has 0 aliphatic rings. The summed E-state index contributed by atoms with van der Waals surface area (Å²) in [5.41, 5.74) is 3.69. The zero-order valence-corrected chi connectivity index (χ0v) is 15.1. The highest BCUT2D eigenvalue weighted by molar-refractivity contribution is 5.96. The number of nitrogens with zero attached hydrogens (tertiary/aromatic N) is 2. The van der Waals surface area contributed by atoms with Crippen LogP contribution in [0.1, 0.15) is 68.9 Å². The summed E-state index contributed by atoms with van der Waals surface area (Å²) in [6.45, 7) is 6.43. The van der Waals surface area contributed by atoms with Crippen LogP contribution in [0.2, 0.25) is 0 Å². The fraction of sp³-hybridized carbons (Fsp3) is 0.476. The molecule has 0 radical (unpaired) electrons. The Morgan fingerprint density at radius 3 is 2.38 bits per heavy atom. The molecule has 0 saturated heterocycles. The van der Waals surface area contributed by atoms with Gasteiger partial charge in [-0.3, -0.25) is 14.8 Å². The van der Waals surface area contributed by atoms with Crippen molar-refractivity contribution in [1.29, 1.82) is 0 Å². The SMILES string of the molecule is CCCCCc1cnc(-c2ccc(C(=O)CC(C)CC)cc2)cn1. The lowest BCUT2D eigenvalue weighted by Crippen LogP contribution is -2.05. The summed E-state index contributed by atoms with van der Waals surface area (Å²) >= 11 is 0. The van der Waals surface area contributed by atoms with Gasteiger partial charge in [0.1, 0.15) is 0 Å². The first kappa shape index (κ1) is 18.3. The van der Waals surface area contributed by atoms with Crippen molar-refractivity contribution < 1.29 is 4.79 Å². The number of benzene rings is 1. The van der Waals surface area contributed by atoms with Crippen molar-refractivity contribution in [2.75, 3.05) is 0 Å². The Labute approximate surface area is 145 Å². The smallest absolute Gasteiger partial charge is 0.163 e. The Morgan fingerprint density at radius 1 is 1.04 bits per heavy atom. The Morgan fingerprint density at radius 2 is 1.79 bits per heavy atom. The first-order valence-electron chi connectivity index (χ1n) is 9.08. The topological polar surface area (TPSA) is 42.9 Å². The van der Waals surface area contributed by atoms with E-state index in [-0.39, 0.29) is 5.78 Å². The number of carbonyl (C=O) groups excluding carboxylic acids is 1. The van der Waals surface area contributed by atoms with E-state index in [0.717, 1.165) is 41.8 Å². The largest absolute Gasteiger partial charge is 0.294 e. The average Bonchev–Trinajstić information content (AvgIpc) is 2.62. The van der Waals surface area contributed by atoms with Gasteiger partial charge in [0, 0.05) is 23.7 Å². The lowest BCUT2D eigenvalue weighted by atomic mass is 9.97. The third-order valence-electron chi connectivity index (χ3n) is 4.48. The third-order valence-corrected chi connectivity index (χ3v) is 4.48. The Balaban J connectivity index is 2.01. The van der Waals surface area contributed by atoms with Gasteiger partial charge in [0.2, 0.25) is 0 Å². The van der Waals surface area contributed by atoms with E-state index < -0.39 is 0 Å². The standard InChI is InChI=1S/C21H28N2O/c1-4-6-7-8-19-14-23-20(15-22-19)17-9-11-18(12-10-17)21(24)13-16(3)5-2/h9-12,14-16H,4-8,13H2,1-3H3. The van der Waals surface area contributed by atoms with Gasteiger partial charge >= 0.3 is 0 Å². The number of aromatic nitrogens is 2. The molecule has 1 heterocycles. The summed E-state index contributed by atoms with van der Waals surface area (Å²) in [6, 6.07) is 7.73. The van der Waals surface area contributed by atoms with Gasteiger partial charge in [-0.25, -0.2) is 0 Å². The molecule has 0 N–H and O–H groups in total. The number of carbonyl (C=O) groups is 1. The zero-order valence-electron chi connectivity index (χ0n) is 15.1. The molecule has 3 heteroatoms. The predicted octanol–water partition coefficient (Wildman–Crippen LogP) is 5.50. The van der Waals surface area contributed by atoms with Gasteiger partial charge in [-0.15, -0.1) is 0 Å². The molecule has 128 valence electrons. The molecule has 1 aromatic carbocycles. The number of aryl methyl sites for hydroxylation is 1. The number of rotatable bonds is 9. The summed E-state index contributed by atoms with van der Waals surface area (Å²) in [5.74, 6) is 0.650. The van der Waals surface area contributed by atoms with E-state index in [1.165, 1.54) is 12.8 Å². The maximum Gasteiger partial charge on any atom is 0.163 e. The van der Waals surface area contributed by atoms with E-state index in [4.69, 9.17) is 0 Å². The van der Waals surface area contributed by atoms with Crippen molar-refractivity contribution in [3.05, 3.63) is 47.9 Å². The van der Waals surface area contributed by atoms with Crippen LogP contribution < -0.4 is 0 Å². The number of hydrogen-bond acceptors (Lipinski definition) is 3. The molecule has 24 heavy (non-hydrogen) atoms. The van der Waals surface area contributed by atoms with Crippen molar-refractivity contribution in [2.45, 2.75) is 59.3 Å². The first-order chi connectivity index (χ1) is 11.6. The normalized spacial score (nSPS) is 12.1. The quantitative estimate of drug-likeness (QED) is 0.452. The molecule has 0 bridgehead atoms.